The highest BCUT2D eigenvalue weighted by Crippen LogP contribution is 2.40. The van der Waals surface area contributed by atoms with Gasteiger partial charge in [0.1, 0.15) is 28.8 Å². The molecule has 1 aromatic carbocycles. The van der Waals surface area contributed by atoms with Crippen molar-refractivity contribution in [3.63, 3.8) is 0 Å². The number of thioether (sulfide) groups is 1. The Morgan fingerprint density at radius 3 is 2.31 bits per heavy atom. The minimum absolute atomic E-state index is 0.152. The Morgan fingerprint density at radius 1 is 1.10 bits per heavy atom. The Bertz CT molecular complexity index is 1750. The van der Waals surface area contributed by atoms with Crippen LogP contribution in [0.4, 0.5) is 32.0 Å². The van der Waals surface area contributed by atoms with Crippen LogP contribution in [-0.2, 0) is 43.2 Å². The molecule has 3 aliphatic rings. The van der Waals surface area contributed by atoms with Crippen molar-refractivity contribution in [3.8, 4) is 5.75 Å². The number of phenolic OH excluding ortho intramolecular Hbond substituents is 1. The van der Waals surface area contributed by atoms with E-state index in [0.717, 1.165) is 17.7 Å². The number of nitrogens with one attached hydrogen (secondary N) is 1. The zero-order valence-electron chi connectivity index (χ0n) is 24.7. The van der Waals surface area contributed by atoms with Crippen molar-refractivity contribution in [1.29, 1.82) is 0 Å². The number of β-lactam (4-membered cyclic amide) rings is 1. The van der Waals surface area contributed by atoms with Gasteiger partial charge in [0, 0.05) is 36.5 Å². The Hall–Kier alpha value is -5.11. The summed E-state index contributed by atoms with van der Waals surface area (Å²) in [4.78, 5) is 61.1. The van der Waals surface area contributed by atoms with Crippen molar-refractivity contribution in [3.05, 3.63) is 76.8 Å². The predicted molar refractivity (Wildman–Crippen MR) is 153 cm³/mol. The standard InChI is InChI=1S/C27H24F3N5O6S.C2HF3O2/c28-27(29,30)18-10-17(36)1-2-19(18)32-20(37)12-33-6-3-14(4-7-33)11-34-8-5-15(23(34)38)9-16-13-42-25-21(31)24(39)35(25)22(16)26(40)41;3-2(4,5)1(6)7/h1-4,6-7,9-10,21,25H,5,8,11-13,31H2,(H2-,32,36,37,40,41);(H,6,7)/b15-9+;/t21-,25-;/m1./s1. The van der Waals surface area contributed by atoms with Crippen LogP contribution in [0.5, 0.6) is 5.75 Å². The highest BCUT2D eigenvalue weighted by Gasteiger charge is 2.51. The Balaban J connectivity index is 0.000000698. The Morgan fingerprint density at radius 2 is 1.73 bits per heavy atom. The normalized spacial score (nSPS) is 20.0. The maximum Gasteiger partial charge on any atom is 0.430 e. The van der Waals surface area contributed by atoms with E-state index in [1.54, 1.807) is 35.5 Å². The summed E-state index contributed by atoms with van der Waals surface area (Å²) < 4.78 is 72.8. The van der Waals surface area contributed by atoms with E-state index in [1.165, 1.54) is 21.2 Å². The Labute approximate surface area is 276 Å². The zero-order valence-corrected chi connectivity index (χ0v) is 25.6. The maximum atomic E-state index is 13.3. The zero-order chi connectivity index (χ0) is 36.4. The van der Waals surface area contributed by atoms with Gasteiger partial charge in [-0.05, 0) is 41.8 Å². The number of benzene rings is 1. The fraction of sp³-hybridized carbons (Fsp3) is 0.310. The van der Waals surface area contributed by atoms with Crippen molar-refractivity contribution >= 4 is 47.1 Å². The third kappa shape index (κ3) is 8.49. The van der Waals surface area contributed by atoms with E-state index in [4.69, 9.17) is 15.6 Å². The molecule has 0 spiro atoms. The number of rotatable bonds is 7. The van der Waals surface area contributed by atoms with Crippen LogP contribution >= 0.6 is 11.8 Å². The first kappa shape index (κ1) is 36.7. The van der Waals surface area contributed by atoms with E-state index in [9.17, 15) is 55.7 Å². The number of hydrogen-bond donors (Lipinski definition) is 4. The number of nitrogens with zero attached hydrogens (tertiary/aromatic N) is 3. The molecule has 1 aromatic heterocycles. The second-order valence-electron chi connectivity index (χ2n) is 10.7. The lowest BCUT2D eigenvalue weighted by Gasteiger charge is -2.47. The van der Waals surface area contributed by atoms with Crippen molar-refractivity contribution in [2.75, 3.05) is 17.6 Å². The van der Waals surface area contributed by atoms with Crippen molar-refractivity contribution in [2.45, 2.75) is 43.3 Å². The van der Waals surface area contributed by atoms with Crippen LogP contribution in [-0.4, -0.2) is 79.6 Å². The summed E-state index contributed by atoms with van der Waals surface area (Å²) in [5, 5.41) is 29.7. The van der Waals surface area contributed by atoms with Gasteiger partial charge in [-0.1, -0.05) is 0 Å². The molecule has 4 heterocycles. The fourth-order valence-electron chi connectivity index (χ4n) is 4.96. The number of fused-ring (bicyclic) bond motifs is 1. The predicted octanol–water partition coefficient (Wildman–Crippen LogP) is 0.876. The topological polar surface area (TPSA) is 197 Å². The lowest BCUT2D eigenvalue weighted by molar-refractivity contribution is -0.684. The molecule has 2 aromatic rings. The summed E-state index contributed by atoms with van der Waals surface area (Å²) in [6.45, 7) is 0.361. The molecule has 3 amide bonds. The quantitative estimate of drug-likeness (QED) is 0.105. The lowest BCUT2D eigenvalue weighted by atomic mass is 10.0. The number of carboxylic acid groups (broad SMARTS) is 2. The molecule has 49 heavy (non-hydrogen) atoms. The molecular weight excluding hydrogens is 692 g/mol. The number of aromatic hydroxyl groups is 1. The highest BCUT2D eigenvalue weighted by atomic mass is 32.2. The first-order valence-corrected chi connectivity index (χ1v) is 15.0. The summed E-state index contributed by atoms with van der Waals surface area (Å²) >= 11 is 1.35. The number of pyridine rings is 1. The average molecular weight is 718 g/mol. The third-order valence-electron chi connectivity index (χ3n) is 7.28. The molecule has 0 aliphatic carbocycles. The molecule has 5 rings (SSSR count). The number of halogens is 6. The Kier molecular flexibility index (Phi) is 10.6. The molecule has 5 N–H and O–H groups in total. The first-order chi connectivity index (χ1) is 22.8. The number of nitrogens with two attached hydrogens (primary N) is 1. The number of aliphatic carboxylic acids is 2. The minimum Gasteiger partial charge on any atom is -0.542 e. The summed E-state index contributed by atoms with van der Waals surface area (Å²) in [5.41, 5.74) is 5.53. The lowest BCUT2D eigenvalue weighted by Crippen LogP contribution is -2.68. The van der Waals surface area contributed by atoms with E-state index in [-0.39, 0.29) is 24.7 Å². The highest BCUT2D eigenvalue weighted by molar-refractivity contribution is 8.00. The second kappa shape index (κ2) is 14.2. The van der Waals surface area contributed by atoms with Gasteiger partial charge < -0.3 is 36.1 Å². The SMILES string of the molecule is N[C@@H]1C(=O)N2C(C(=O)O)=C(/C=C3\CCN(Cc4cc[n+](CC(=O)Nc5ccc(O)cc5C(F)(F)F)cc4)C3=O)CS[C@H]12.O=C([O-])C(F)(F)F. The van der Waals surface area contributed by atoms with E-state index < -0.39 is 64.5 Å². The molecule has 262 valence electrons. The molecule has 0 radical (unpaired) electrons. The van der Waals surface area contributed by atoms with Gasteiger partial charge >= 0.3 is 18.3 Å². The smallest absolute Gasteiger partial charge is 0.430 e. The number of anilines is 1. The number of carbonyl (C=O) groups is 5. The number of carbonyl (C=O) groups excluding carboxylic acids is 4. The van der Waals surface area contributed by atoms with Crippen LogP contribution in [0.1, 0.15) is 17.5 Å². The number of alkyl halides is 6. The third-order valence-corrected chi connectivity index (χ3v) is 8.60. The van der Waals surface area contributed by atoms with Crippen molar-refractivity contribution < 1.29 is 70.2 Å². The van der Waals surface area contributed by atoms with E-state index in [0.29, 0.717) is 35.9 Å². The van der Waals surface area contributed by atoms with E-state index in [1.807, 2.05) is 0 Å². The van der Waals surface area contributed by atoms with Crippen LogP contribution in [0, 0.1) is 0 Å². The van der Waals surface area contributed by atoms with Crippen molar-refractivity contribution in [1.82, 2.24) is 9.80 Å². The van der Waals surface area contributed by atoms with Gasteiger partial charge in [-0.2, -0.15) is 30.9 Å². The molecular formula is C29H25F6N5O8S. The number of hydrogen-bond acceptors (Lipinski definition) is 9. The van der Waals surface area contributed by atoms with Crippen LogP contribution < -0.4 is 20.7 Å². The second-order valence-corrected chi connectivity index (χ2v) is 11.8. The number of aromatic nitrogens is 1. The fourth-order valence-corrected chi connectivity index (χ4v) is 6.22. The molecule has 0 saturated carbocycles. The summed E-state index contributed by atoms with van der Waals surface area (Å²) in [6.07, 6.45) is -4.92. The van der Waals surface area contributed by atoms with Crippen molar-refractivity contribution in [2.24, 2.45) is 5.73 Å². The minimum atomic E-state index is -5.19. The van der Waals surface area contributed by atoms with E-state index >= 15 is 0 Å². The molecule has 2 fully saturated rings. The molecule has 20 heteroatoms. The maximum absolute atomic E-state index is 13.3. The molecule has 0 bridgehead atoms. The first-order valence-electron chi connectivity index (χ1n) is 13.9. The number of allylic oxidation sites excluding steroid dienone is 1. The number of phenols is 1. The number of likely N-dealkylation sites (tertiary alicyclic amines) is 1. The van der Waals surface area contributed by atoms with Crippen LogP contribution in [0.2, 0.25) is 0 Å². The molecule has 13 nitrogen and oxygen atoms in total. The van der Waals surface area contributed by atoms with Crippen LogP contribution in [0.15, 0.2) is 65.6 Å². The van der Waals surface area contributed by atoms with Gasteiger partial charge in [0.25, 0.3) is 5.91 Å². The summed E-state index contributed by atoms with van der Waals surface area (Å²) in [5.74, 6) is -5.99. The van der Waals surface area contributed by atoms with Gasteiger partial charge in [-0.3, -0.25) is 19.3 Å². The van der Waals surface area contributed by atoms with Crippen LogP contribution in [0.3, 0.4) is 0 Å². The molecule has 2 saturated heterocycles. The molecule has 2 atom stereocenters. The van der Waals surface area contributed by atoms with E-state index in [2.05, 4.69) is 5.32 Å². The monoisotopic (exact) mass is 717 g/mol. The summed E-state index contributed by atoms with van der Waals surface area (Å²) in [6, 6.07) is 5.15. The van der Waals surface area contributed by atoms with Gasteiger partial charge in [0.05, 0.1) is 11.3 Å². The van der Waals surface area contributed by atoms with Gasteiger partial charge in [0.15, 0.2) is 12.4 Å². The van der Waals surface area contributed by atoms with Gasteiger partial charge in [-0.15, -0.1) is 11.8 Å². The number of carboxylic acids is 2. The largest absolute Gasteiger partial charge is 0.542 e. The number of amides is 3. The summed E-state index contributed by atoms with van der Waals surface area (Å²) in [7, 11) is 0. The average Bonchev–Trinajstić information content (AvgIpc) is 3.35. The molecule has 3 aliphatic heterocycles. The molecule has 0 unspecified atom stereocenters. The van der Waals surface area contributed by atoms with Gasteiger partial charge in [0.2, 0.25) is 18.4 Å². The van der Waals surface area contributed by atoms with Crippen LogP contribution in [0.25, 0.3) is 0 Å². The van der Waals surface area contributed by atoms with Gasteiger partial charge in [-0.25, -0.2) is 4.79 Å².